The Morgan fingerprint density at radius 1 is 1.33 bits per heavy atom. The molecule has 0 N–H and O–H groups in total. The summed E-state index contributed by atoms with van der Waals surface area (Å²) in [6.07, 6.45) is 1.54. The molecule has 1 aromatic heterocycles. The van der Waals surface area contributed by atoms with Crippen LogP contribution in [0.2, 0.25) is 0 Å². The minimum absolute atomic E-state index is 0.138. The van der Waals surface area contributed by atoms with Crippen molar-refractivity contribution >= 4 is 17.5 Å². The second kappa shape index (κ2) is 5.70. The molecule has 0 amide bonds. The molecule has 0 aromatic carbocycles. The van der Waals surface area contributed by atoms with Gasteiger partial charge in [0.05, 0.1) is 12.2 Å². The summed E-state index contributed by atoms with van der Waals surface area (Å²) >= 11 is 0. The lowest BCUT2D eigenvalue weighted by Gasteiger charge is -2.60. The molecule has 2 aliphatic heterocycles. The lowest BCUT2D eigenvalue weighted by atomic mass is 9.72. The Morgan fingerprint density at radius 3 is 2.50 bits per heavy atom. The van der Waals surface area contributed by atoms with Gasteiger partial charge in [-0.3, -0.25) is 9.69 Å². The fraction of sp³-hybridized carbons (Fsp3) is 0.625. The predicted octanol–water partition coefficient (Wildman–Crippen LogP) is 1.45. The van der Waals surface area contributed by atoms with E-state index in [1.54, 1.807) is 12.3 Å². The van der Waals surface area contributed by atoms with Crippen LogP contribution in [0.1, 0.15) is 20.8 Å². The Kier molecular flexibility index (Phi) is 3.95. The minimum Gasteiger partial charge on any atom is -0.459 e. The van der Waals surface area contributed by atoms with E-state index in [-0.39, 0.29) is 17.2 Å². The lowest BCUT2D eigenvalue weighted by molar-refractivity contribution is -0.389. The Hall–Kier alpha value is -2.22. The van der Waals surface area contributed by atoms with Crippen LogP contribution in [0, 0.1) is 15.5 Å². The van der Waals surface area contributed by atoms with Crippen LogP contribution in [0.4, 0.5) is 11.5 Å². The van der Waals surface area contributed by atoms with Crippen molar-refractivity contribution < 1.29 is 14.5 Å². The molecule has 1 aromatic rings. The van der Waals surface area contributed by atoms with Crippen LogP contribution in [0.5, 0.6) is 0 Å². The third-order valence-corrected chi connectivity index (χ3v) is 4.23. The highest BCUT2D eigenvalue weighted by Gasteiger charge is 2.52. The van der Waals surface area contributed by atoms with E-state index in [9.17, 15) is 14.9 Å². The number of anilines is 1. The molecular formula is C16H22N4O4. The number of carbonyl (C=O) groups excluding carboxylic acids is 1. The van der Waals surface area contributed by atoms with Gasteiger partial charge in [-0.2, -0.15) is 0 Å². The van der Waals surface area contributed by atoms with Crippen LogP contribution in [0.15, 0.2) is 18.3 Å². The second-order valence-corrected chi connectivity index (χ2v) is 7.72. The smallest absolute Gasteiger partial charge is 0.363 e. The van der Waals surface area contributed by atoms with Gasteiger partial charge in [0.2, 0.25) is 0 Å². The standard InChI is InChI=1S/C16H22N4O4/c1-15(2,3)24-14(21)7-18-8-16(9-18)10-19(11-16)12-4-5-13(17-6-12)20(22)23/h4-6H,7-11H2,1-3H3. The van der Waals surface area contributed by atoms with Gasteiger partial charge in [0, 0.05) is 37.7 Å². The number of rotatable bonds is 4. The maximum Gasteiger partial charge on any atom is 0.363 e. The van der Waals surface area contributed by atoms with Gasteiger partial charge in [-0.1, -0.05) is 0 Å². The molecule has 3 heterocycles. The molecule has 8 nitrogen and oxygen atoms in total. The zero-order chi connectivity index (χ0) is 17.5. The molecule has 0 atom stereocenters. The number of likely N-dealkylation sites (tertiary alicyclic amines) is 1. The summed E-state index contributed by atoms with van der Waals surface area (Å²) in [4.78, 5) is 30.0. The first-order chi connectivity index (χ1) is 11.2. The number of pyridine rings is 1. The topological polar surface area (TPSA) is 88.8 Å². The monoisotopic (exact) mass is 334 g/mol. The highest BCUT2D eigenvalue weighted by molar-refractivity contribution is 5.72. The number of esters is 1. The molecule has 3 rings (SSSR count). The molecule has 0 bridgehead atoms. The van der Waals surface area contributed by atoms with Crippen molar-refractivity contribution in [2.24, 2.45) is 5.41 Å². The highest BCUT2D eigenvalue weighted by Crippen LogP contribution is 2.41. The fourth-order valence-electron chi connectivity index (χ4n) is 3.39. The first kappa shape index (κ1) is 16.6. The van der Waals surface area contributed by atoms with E-state index in [1.165, 1.54) is 6.07 Å². The summed E-state index contributed by atoms with van der Waals surface area (Å²) < 4.78 is 5.33. The van der Waals surface area contributed by atoms with Crippen LogP contribution < -0.4 is 4.90 Å². The number of nitrogens with zero attached hydrogens (tertiary/aromatic N) is 4. The van der Waals surface area contributed by atoms with Gasteiger partial charge in [-0.15, -0.1) is 0 Å². The van der Waals surface area contributed by atoms with Crippen molar-refractivity contribution in [3.63, 3.8) is 0 Å². The summed E-state index contributed by atoms with van der Waals surface area (Å²) in [5.41, 5.74) is 0.677. The van der Waals surface area contributed by atoms with Gasteiger partial charge in [0.15, 0.2) is 6.20 Å². The molecule has 2 saturated heterocycles. The zero-order valence-electron chi connectivity index (χ0n) is 14.2. The molecule has 130 valence electrons. The van der Waals surface area contributed by atoms with Crippen molar-refractivity contribution in [1.29, 1.82) is 0 Å². The van der Waals surface area contributed by atoms with Gasteiger partial charge in [0.1, 0.15) is 5.60 Å². The number of aromatic nitrogens is 1. The van der Waals surface area contributed by atoms with Crippen LogP contribution >= 0.6 is 0 Å². The molecular weight excluding hydrogens is 312 g/mol. The minimum atomic E-state index is -0.498. The summed E-state index contributed by atoms with van der Waals surface area (Å²) in [6.45, 7) is 9.46. The summed E-state index contributed by atoms with van der Waals surface area (Å²) in [7, 11) is 0. The molecule has 0 radical (unpaired) electrons. The number of nitro groups is 1. The SMILES string of the molecule is CC(C)(C)OC(=O)CN1CC2(C1)CN(c1ccc([N+](=O)[O-])nc1)C2. The van der Waals surface area contributed by atoms with Crippen molar-refractivity contribution in [1.82, 2.24) is 9.88 Å². The number of hydrogen-bond acceptors (Lipinski definition) is 7. The summed E-state index contributed by atoms with van der Waals surface area (Å²) in [5.74, 6) is -0.325. The summed E-state index contributed by atoms with van der Waals surface area (Å²) in [6, 6.07) is 3.16. The Bertz CT molecular complexity index is 639. The normalized spacial score (nSPS) is 19.5. The lowest BCUT2D eigenvalue weighted by Crippen LogP contribution is -2.72. The number of ether oxygens (including phenoxy) is 1. The average Bonchev–Trinajstić information content (AvgIpc) is 2.38. The van der Waals surface area contributed by atoms with Gasteiger partial charge in [-0.05, 0) is 36.7 Å². The van der Waals surface area contributed by atoms with E-state index in [2.05, 4.69) is 14.8 Å². The van der Waals surface area contributed by atoms with Gasteiger partial charge < -0.3 is 19.8 Å². The fourth-order valence-corrected chi connectivity index (χ4v) is 3.39. The quantitative estimate of drug-likeness (QED) is 0.468. The molecule has 8 heteroatoms. The third-order valence-electron chi connectivity index (χ3n) is 4.23. The summed E-state index contributed by atoms with van der Waals surface area (Å²) in [5, 5.41) is 10.6. The Labute approximate surface area is 140 Å². The maximum atomic E-state index is 11.8. The number of hydrogen-bond donors (Lipinski definition) is 0. The van der Waals surface area contributed by atoms with Crippen LogP contribution in [0.3, 0.4) is 0 Å². The predicted molar refractivity (Wildman–Crippen MR) is 87.8 cm³/mol. The molecule has 2 fully saturated rings. The zero-order valence-corrected chi connectivity index (χ0v) is 14.2. The van der Waals surface area contributed by atoms with Crippen molar-refractivity contribution in [3.8, 4) is 0 Å². The van der Waals surface area contributed by atoms with Gasteiger partial charge in [0.25, 0.3) is 0 Å². The van der Waals surface area contributed by atoms with E-state index < -0.39 is 10.5 Å². The van der Waals surface area contributed by atoms with Gasteiger partial charge in [-0.25, -0.2) is 0 Å². The van der Waals surface area contributed by atoms with E-state index >= 15 is 0 Å². The van der Waals surface area contributed by atoms with Crippen molar-refractivity contribution in [2.45, 2.75) is 26.4 Å². The van der Waals surface area contributed by atoms with E-state index in [0.29, 0.717) is 6.54 Å². The molecule has 1 spiro atoms. The van der Waals surface area contributed by atoms with E-state index in [1.807, 2.05) is 20.8 Å². The van der Waals surface area contributed by atoms with Crippen LogP contribution in [-0.2, 0) is 9.53 Å². The first-order valence-corrected chi connectivity index (χ1v) is 7.95. The van der Waals surface area contributed by atoms with Gasteiger partial charge >= 0.3 is 11.8 Å². The Morgan fingerprint density at radius 2 is 2.00 bits per heavy atom. The largest absolute Gasteiger partial charge is 0.459 e. The van der Waals surface area contributed by atoms with E-state index in [0.717, 1.165) is 31.9 Å². The first-order valence-electron chi connectivity index (χ1n) is 7.95. The molecule has 2 aliphatic rings. The number of carbonyl (C=O) groups is 1. The van der Waals surface area contributed by atoms with Crippen molar-refractivity contribution in [3.05, 3.63) is 28.4 Å². The third kappa shape index (κ3) is 3.48. The molecule has 0 saturated carbocycles. The molecule has 0 unspecified atom stereocenters. The Balaban J connectivity index is 1.45. The second-order valence-electron chi connectivity index (χ2n) is 7.72. The maximum absolute atomic E-state index is 11.8. The van der Waals surface area contributed by atoms with Crippen molar-refractivity contribution in [2.75, 3.05) is 37.6 Å². The van der Waals surface area contributed by atoms with Crippen LogP contribution in [0.25, 0.3) is 0 Å². The van der Waals surface area contributed by atoms with Crippen LogP contribution in [-0.4, -0.2) is 59.1 Å². The van der Waals surface area contributed by atoms with E-state index in [4.69, 9.17) is 4.74 Å². The molecule has 0 aliphatic carbocycles. The highest BCUT2D eigenvalue weighted by atomic mass is 16.6. The molecule has 24 heavy (non-hydrogen) atoms. The average molecular weight is 334 g/mol.